The Bertz CT molecular complexity index is 611. The van der Waals surface area contributed by atoms with Crippen molar-refractivity contribution < 1.29 is 0 Å². The Kier molecular flexibility index (Phi) is 4.88. The summed E-state index contributed by atoms with van der Waals surface area (Å²) in [6.07, 6.45) is 5.30. The average molecular weight is 322 g/mol. The SMILES string of the molecule is Cc1[nH]ncc1CCCNC1CCSc2ccc(Cl)cc21. The van der Waals surface area contributed by atoms with E-state index in [1.807, 2.05) is 24.0 Å². The summed E-state index contributed by atoms with van der Waals surface area (Å²) < 4.78 is 0. The molecule has 21 heavy (non-hydrogen) atoms. The molecule has 112 valence electrons. The van der Waals surface area contributed by atoms with Gasteiger partial charge in [-0.2, -0.15) is 5.10 Å². The van der Waals surface area contributed by atoms with Crippen molar-refractivity contribution in [2.24, 2.45) is 0 Å². The van der Waals surface area contributed by atoms with E-state index >= 15 is 0 Å². The smallest absolute Gasteiger partial charge is 0.0522 e. The van der Waals surface area contributed by atoms with Crippen molar-refractivity contribution in [1.29, 1.82) is 0 Å². The molecule has 1 unspecified atom stereocenters. The summed E-state index contributed by atoms with van der Waals surface area (Å²) in [5, 5.41) is 11.6. The van der Waals surface area contributed by atoms with Gasteiger partial charge in [0.25, 0.3) is 0 Å². The first-order valence-corrected chi connectivity index (χ1v) is 8.75. The highest BCUT2D eigenvalue weighted by Gasteiger charge is 2.20. The number of aryl methyl sites for hydroxylation is 2. The van der Waals surface area contributed by atoms with Crippen molar-refractivity contribution in [3.8, 4) is 0 Å². The molecular formula is C16H20ClN3S. The van der Waals surface area contributed by atoms with Crippen molar-refractivity contribution in [1.82, 2.24) is 15.5 Å². The maximum Gasteiger partial charge on any atom is 0.0522 e. The summed E-state index contributed by atoms with van der Waals surface area (Å²) in [6.45, 7) is 3.10. The van der Waals surface area contributed by atoms with Gasteiger partial charge in [-0.25, -0.2) is 0 Å². The van der Waals surface area contributed by atoms with Gasteiger partial charge in [0, 0.05) is 21.7 Å². The predicted molar refractivity (Wildman–Crippen MR) is 89.2 cm³/mol. The van der Waals surface area contributed by atoms with Crippen LogP contribution in [-0.4, -0.2) is 22.5 Å². The minimum atomic E-state index is 0.436. The molecule has 0 radical (unpaired) electrons. The van der Waals surface area contributed by atoms with Gasteiger partial charge in [-0.3, -0.25) is 5.10 Å². The van der Waals surface area contributed by atoms with Crippen molar-refractivity contribution in [2.75, 3.05) is 12.3 Å². The topological polar surface area (TPSA) is 40.7 Å². The van der Waals surface area contributed by atoms with Crippen molar-refractivity contribution >= 4 is 23.4 Å². The van der Waals surface area contributed by atoms with Gasteiger partial charge in [0.1, 0.15) is 0 Å². The lowest BCUT2D eigenvalue weighted by Crippen LogP contribution is -2.25. The average Bonchev–Trinajstić information content (AvgIpc) is 2.89. The number of H-pyrrole nitrogens is 1. The molecule has 1 aliphatic heterocycles. The van der Waals surface area contributed by atoms with Crippen LogP contribution < -0.4 is 5.32 Å². The molecule has 2 heterocycles. The third kappa shape index (κ3) is 3.62. The quantitative estimate of drug-likeness (QED) is 0.813. The number of benzene rings is 1. The van der Waals surface area contributed by atoms with E-state index in [2.05, 4.69) is 34.6 Å². The molecule has 3 rings (SSSR count). The molecule has 0 aliphatic carbocycles. The Morgan fingerprint density at radius 2 is 2.38 bits per heavy atom. The molecule has 0 fully saturated rings. The van der Waals surface area contributed by atoms with Gasteiger partial charge in [0.15, 0.2) is 0 Å². The maximum absolute atomic E-state index is 6.14. The molecule has 1 aromatic heterocycles. The number of thioether (sulfide) groups is 1. The molecule has 0 bridgehead atoms. The van der Waals surface area contributed by atoms with Gasteiger partial charge in [-0.05, 0) is 67.8 Å². The summed E-state index contributed by atoms with van der Waals surface area (Å²) >= 11 is 8.07. The first-order valence-electron chi connectivity index (χ1n) is 7.38. The van der Waals surface area contributed by atoms with E-state index in [1.54, 1.807) is 0 Å². The van der Waals surface area contributed by atoms with Crippen LogP contribution in [0.1, 0.15) is 35.7 Å². The largest absolute Gasteiger partial charge is 0.310 e. The van der Waals surface area contributed by atoms with E-state index in [-0.39, 0.29) is 0 Å². The summed E-state index contributed by atoms with van der Waals surface area (Å²) in [6, 6.07) is 6.68. The van der Waals surface area contributed by atoms with Gasteiger partial charge in [0.05, 0.1) is 6.20 Å². The lowest BCUT2D eigenvalue weighted by atomic mass is 10.0. The molecule has 2 aromatic rings. The lowest BCUT2D eigenvalue weighted by molar-refractivity contribution is 0.502. The molecule has 1 aromatic carbocycles. The molecule has 0 saturated carbocycles. The van der Waals surface area contributed by atoms with Crippen molar-refractivity contribution in [2.45, 2.75) is 37.1 Å². The minimum absolute atomic E-state index is 0.436. The minimum Gasteiger partial charge on any atom is -0.310 e. The van der Waals surface area contributed by atoms with Crippen LogP contribution in [0.25, 0.3) is 0 Å². The zero-order valence-electron chi connectivity index (χ0n) is 12.2. The highest BCUT2D eigenvalue weighted by atomic mass is 35.5. The van der Waals surface area contributed by atoms with Gasteiger partial charge < -0.3 is 5.32 Å². The van der Waals surface area contributed by atoms with Crippen LogP contribution in [0, 0.1) is 6.92 Å². The zero-order valence-corrected chi connectivity index (χ0v) is 13.7. The Morgan fingerprint density at radius 1 is 1.48 bits per heavy atom. The van der Waals surface area contributed by atoms with Crippen LogP contribution in [-0.2, 0) is 6.42 Å². The number of fused-ring (bicyclic) bond motifs is 1. The fourth-order valence-electron chi connectivity index (χ4n) is 2.76. The Morgan fingerprint density at radius 3 is 3.19 bits per heavy atom. The van der Waals surface area contributed by atoms with Gasteiger partial charge in [-0.1, -0.05) is 11.6 Å². The van der Waals surface area contributed by atoms with Gasteiger partial charge >= 0.3 is 0 Å². The molecule has 2 N–H and O–H groups in total. The Balaban J connectivity index is 1.55. The normalized spacial score (nSPS) is 17.7. The fourth-order valence-corrected chi connectivity index (χ4v) is 4.05. The maximum atomic E-state index is 6.14. The van der Waals surface area contributed by atoms with Crippen molar-refractivity contribution in [3.63, 3.8) is 0 Å². The standard InChI is InChI=1S/C16H20ClN3S/c1-11-12(10-19-20-11)3-2-7-18-15-6-8-21-16-5-4-13(17)9-14(15)16/h4-5,9-10,15,18H,2-3,6-8H2,1H3,(H,19,20). The Hall–Kier alpha value is -0.970. The van der Waals surface area contributed by atoms with Gasteiger partial charge in [0.2, 0.25) is 0 Å². The molecule has 1 atom stereocenters. The van der Waals surface area contributed by atoms with E-state index in [0.29, 0.717) is 6.04 Å². The highest BCUT2D eigenvalue weighted by Crippen LogP contribution is 2.37. The lowest BCUT2D eigenvalue weighted by Gasteiger charge is -2.26. The van der Waals surface area contributed by atoms with E-state index in [9.17, 15) is 0 Å². The van der Waals surface area contributed by atoms with Crippen LogP contribution in [0.15, 0.2) is 29.3 Å². The Labute approximate surface area is 134 Å². The van der Waals surface area contributed by atoms with Gasteiger partial charge in [-0.15, -0.1) is 11.8 Å². The third-order valence-electron chi connectivity index (χ3n) is 3.96. The second-order valence-corrected chi connectivity index (χ2v) is 7.02. The summed E-state index contributed by atoms with van der Waals surface area (Å²) in [5.41, 5.74) is 3.86. The van der Waals surface area contributed by atoms with Crippen molar-refractivity contribution in [3.05, 3.63) is 46.2 Å². The van der Waals surface area contributed by atoms with Crippen LogP contribution in [0.5, 0.6) is 0 Å². The molecule has 1 aliphatic rings. The van der Waals surface area contributed by atoms with E-state index in [1.165, 1.54) is 33.9 Å². The number of nitrogens with one attached hydrogen (secondary N) is 2. The molecule has 0 amide bonds. The number of halogens is 1. The first kappa shape index (κ1) is 14.9. The fraction of sp³-hybridized carbons (Fsp3) is 0.438. The first-order chi connectivity index (χ1) is 10.2. The van der Waals surface area contributed by atoms with Crippen LogP contribution in [0.3, 0.4) is 0 Å². The zero-order chi connectivity index (χ0) is 14.7. The van der Waals surface area contributed by atoms with E-state index in [0.717, 1.165) is 24.4 Å². The second kappa shape index (κ2) is 6.86. The second-order valence-electron chi connectivity index (χ2n) is 5.45. The molecule has 5 heteroatoms. The third-order valence-corrected chi connectivity index (χ3v) is 5.32. The molecule has 3 nitrogen and oxygen atoms in total. The van der Waals surface area contributed by atoms with Crippen LogP contribution >= 0.6 is 23.4 Å². The predicted octanol–water partition coefficient (Wildman–Crippen LogP) is 4.13. The number of aromatic amines is 1. The monoisotopic (exact) mass is 321 g/mol. The number of hydrogen-bond donors (Lipinski definition) is 2. The number of aromatic nitrogens is 2. The number of hydrogen-bond acceptors (Lipinski definition) is 3. The summed E-state index contributed by atoms with van der Waals surface area (Å²) in [5.74, 6) is 1.17. The number of rotatable bonds is 5. The van der Waals surface area contributed by atoms with Crippen LogP contribution in [0.4, 0.5) is 0 Å². The summed E-state index contributed by atoms with van der Waals surface area (Å²) in [7, 11) is 0. The van der Waals surface area contributed by atoms with Crippen LogP contribution in [0.2, 0.25) is 5.02 Å². The molecular weight excluding hydrogens is 302 g/mol. The molecule has 0 saturated heterocycles. The summed E-state index contributed by atoms with van der Waals surface area (Å²) in [4.78, 5) is 1.37. The highest BCUT2D eigenvalue weighted by molar-refractivity contribution is 7.99. The van der Waals surface area contributed by atoms with E-state index < -0.39 is 0 Å². The van der Waals surface area contributed by atoms with E-state index in [4.69, 9.17) is 11.6 Å². The molecule has 0 spiro atoms. The number of nitrogens with zero attached hydrogens (tertiary/aromatic N) is 1.